The molecular weight excluding hydrogens is 418 g/mol. The molecule has 0 aliphatic rings. The Balaban J connectivity index is 0.000000820. The summed E-state index contributed by atoms with van der Waals surface area (Å²) < 4.78 is 5.51. The summed E-state index contributed by atoms with van der Waals surface area (Å²) in [5.74, 6) is 0.0462. The Hall–Kier alpha value is -4.12. The number of benzene rings is 1. The number of nitrogens with one attached hydrogen (secondary N) is 1. The minimum Gasteiger partial charge on any atom is -0.461 e. The standard InChI is InChI=1S/C19H19N5O3.C4H10.C2H2/c1-11-8-13-9-14(5-7-16(13)27-11)22-19(20)23-17(25)12-4-6-15(21-10-12)18(26)24(2)3;1-3-4-2;1-2/h4-10H,1-3H3,(H3,20,22,23,25);3-4H2,1-2H3;1-2H. The topological polar surface area (TPSA) is 114 Å². The second-order valence-electron chi connectivity index (χ2n) is 7.16. The first kappa shape index (κ1) is 26.9. The third-order valence-corrected chi connectivity index (χ3v) is 4.27. The number of carbonyl (C=O) groups excluding carboxylic acids is 2. The van der Waals surface area contributed by atoms with Crippen LogP contribution in [0.5, 0.6) is 0 Å². The number of pyridine rings is 1. The van der Waals surface area contributed by atoms with E-state index in [1.54, 1.807) is 26.2 Å². The Bertz CT molecular complexity index is 1110. The van der Waals surface area contributed by atoms with Crippen molar-refractivity contribution < 1.29 is 14.0 Å². The number of hydrogen-bond acceptors (Lipinski definition) is 5. The Kier molecular flexibility index (Phi) is 10.9. The first-order valence-corrected chi connectivity index (χ1v) is 10.4. The molecule has 0 unspecified atom stereocenters. The largest absolute Gasteiger partial charge is 0.461 e. The molecule has 0 aliphatic heterocycles. The van der Waals surface area contributed by atoms with E-state index in [0.29, 0.717) is 5.69 Å². The Morgan fingerprint density at radius 1 is 1.12 bits per heavy atom. The van der Waals surface area contributed by atoms with Crippen LogP contribution >= 0.6 is 0 Å². The summed E-state index contributed by atoms with van der Waals surface area (Å²) in [5.41, 5.74) is 7.69. The summed E-state index contributed by atoms with van der Waals surface area (Å²) >= 11 is 0. The van der Waals surface area contributed by atoms with Gasteiger partial charge >= 0.3 is 0 Å². The molecule has 0 saturated heterocycles. The van der Waals surface area contributed by atoms with Crippen LogP contribution in [0.3, 0.4) is 0 Å². The lowest BCUT2D eigenvalue weighted by Gasteiger charge is -2.09. The Morgan fingerprint density at radius 2 is 1.79 bits per heavy atom. The van der Waals surface area contributed by atoms with Crippen molar-refractivity contribution >= 4 is 34.4 Å². The van der Waals surface area contributed by atoms with Gasteiger partial charge in [-0.3, -0.25) is 19.9 Å². The lowest BCUT2D eigenvalue weighted by Crippen LogP contribution is -2.36. The molecule has 8 nitrogen and oxygen atoms in total. The van der Waals surface area contributed by atoms with Crippen molar-refractivity contribution in [2.24, 2.45) is 10.7 Å². The van der Waals surface area contributed by atoms with E-state index in [9.17, 15) is 9.59 Å². The number of nitrogens with zero attached hydrogens (tertiary/aromatic N) is 3. The molecule has 3 aromatic rings. The number of fused-ring (bicyclic) bond motifs is 1. The molecule has 3 N–H and O–H groups in total. The molecular formula is C25H31N5O3. The summed E-state index contributed by atoms with van der Waals surface area (Å²) in [4.78, 5) is 33.7. The van der Waals surface area contributed by atoms with Crippen LogP contribution in [0.4, 0.5) is 5.69 Å². The Morgan fingerprint density at radius 3 is 2.33 bits per heavy atom. The van der Waals surface area contributed by atoms with Gasteiger partial charge in [0, 0.05) is 25.7 Å². The van der Waals surface area contributed by atoms with Crippen molar-refractivity contribution in [1.82, 2.24) is 15.2 Å². The van der Waals surface area contributed by atoms with Crippen molar-refractivity contribution in [3.63, 3.8) is 0 Å². The molecule has 8 heteroatoms. The first-order valence-electron chi connectivity index (χ1n) is 10.4. The quantitative estimate of drug-likeness (QED) is 0.351. The number of rotatable bonds is 4. The van der Waals surface area contributed by atoms with Crippen LogP contribution in [0.25, 0.3) is 11.0 Å². The third kappa shape index (κ3) is 8.15. The predicted molar refractivity (Wildman–Crippen MR) is 132 cm³/mol. The lowest BCUT2D eigenvalue weighted by molar-refractivity contribution is 0.0821. The van der Waals surface area contributed by atoms with E-state index >= 15 is 0 Å². The third-order valence-electron chi connectivity index (χ3n) is 4.27. The Labute approximate surface area is 194 Å². The van der Waals surface area contributed by atoms with Gasteiger partial charge in [-0.25, -0.2) is 4.99 Å². The number of aliphatic imine (C=N–C) groups is 1. The van der Waals surface area contributed by atoms with Gasteiger partial charge in [-0.1, -0.05) is 26.7 Å². The van der Waals surface area contributed by atoms with Gasteiger partial charge in [0.25, 0.3) is 11.8 Å². The van der Waals surface area contributed by atoms with Crippen LogP contribution in [-0.4, -0.2) is 41.8 Å². The normalized spacial score (nSPS) is 10.3. The average Bonchev–Trinajstić information content (AvgIpc) is 3.19. The number of terminal acetylenes is 1. The van der Waals surface area contributed by atoms with Crippen LogP contribution in [0.15, 0.2) is 52.0 Å². The second-order valence-corrected chi connectivity index (χ2v) is 7.16. The zero-order valence-electron chi connectivity index (χ0n) is 19.8. The van der Waals surface area contributed by atoms with Crippen molar-refractivity contribution in [3.8, 4) is 12.8 Å². The number of guanidine groups is 1. The van der Waals surface area contributed by atoms with Gasteiger partial charge in [-0.05, 0) is 43.3 Å². The number of carbonyl (C=O) groups is 2. The zero-order chi connectivity index (χ0) is 25.0. The van der Waals surface area contributed by atoms with E-state index in [-0.39, 0.29) is 23.1 Å². The lowest BCUT2D eigenvalue weighted by atomic mass is 10.2. The van der Waals surface area contributed by atoms with Crippen molar-refractivity contribution in [1.29, 1.82) is 0 Å². The fourth-order valence-corrected chi connectivity index (χ4v) is 2.47. The fourth-order valence-electron chi connectivity index (χ4n) is 2.47. The minimum absolute atomic E-state index is 0.0481. The molecule has 0 spiro atoms. The van der Waals surface area contributed by atoms with E-state index < -0.39 is 5.91 Å². The van der Waals surface area contributed by atoms with E-state index in [1.165, 1.54) is 36.1 Å². The monoisotopic (exact) mass is 449 g/mol. The second kappa shape index (κ2) is 13.3. The number of furan rings is 1. The number of amides is 2. The van der Waals surface area contributed by atoms with E-state index in [1.807, 2.05) is 19.1 Å². The smallest absolute Gasteiger partial charge is 0.271 e. The van der Waals surface area contributed by atoms with Gasteiger partial charge in [0.2, 0.25) is 5.96 Å². The highest BCUT2D eigenvalue weighted by Gasteiger charge is 2.12. The number of nitrogens with two attached hydrogens (primary N) is 1. The fraction of sp³-hybridized carbons (Fsp3) is 0.280. The maximum absolute atomic E-state index is 12.3. The number of unbranched alkanes of at least 4 members (excludes halogenated alkanes) is 1. The molecule has 2 heterocycles. The molecule has 2 aromatic heterocycles. The molecule has 0 atom stereocenters. The highest BCUT2D eigenvalue weighted by atomic mass is 16.3. The van der Waals surface area contributed by atoms with Crippen LogP contribution in [0.1, 0.15) is 53.3 Å². The van der Waals surface area contributed by atoms with Gasteiger partial charge in [0.15, 0.2) is 0 Å². The molecule has 0 fully saturated rings. The van der Waals surface area contributed by atoms with Crippen LogP contribution in [0.2, 0.25) is 0 Å². The molecule has 0 saturated carbocycles. The number of aryl methyl sites for hydroxylation is 1. The first-order chi connectivity index (χ1) is 15.7. The van der Waals surface area contributed by atoms with Crippen molar-refractivity contribution in [2.75, 3.05) is 14.1 Å². The van der Waals surface area contributed by atoms with Gasteiger partial charge in [0.1, 0.15) is 17.0 Å². The highest BCUT2D eigenvalue weighted by molar-refractivity contribution is 6.06. The van der Waals surface area contributed by atoms with Gasteiger partial charge in [-0.2, -0.15) is 0 Å². The van der Waals surface area contributed by atoms with Crippen molar-refractivity contribution in [3.05, 3.63) is 59.6 Å². The van der Waals surface area contributed by atoms with E-state index in [2.05, 4.69) is 42.0 Å². The molecule has 174 valence electrons. The van der Waals surface area contributed by atoms with Gasteiger partial charge in [0.05, 0.1) is 11.3 Å². The summed E-state index contributed by atoms with van der Waals surface area (Å²) in [7, 11) is 3.26. The summed E-state index contributed by atoms with van der Waals surface area (Å²) in [5, 5.41) is 3.40. The average molecular weight is 450 g/mol. The molecule has 1 aromatic carbocycles. The molecule has 2 amide bonds. The minimum atomic E-state index is -0.465. The van der Waals surface area contributed by atoms with Crippen LogP contribution < -0.4 is 11.1 Å². The predicted octanol–water partition coefficient (Wildman–Crippen LogP) is 4.27. The van der Waals surface area contributed by atoms with Gasteiger partial charge < -0.3 is 15.1 Å². The van der Waals surface area contributed by atoms with Crippen molar-refractivity contribution in [2.45, 2.75) is 33.6 Å². The zero-order valence-corrected chi connectivity index (χ0v) is 19.8. The maximum atomic E-state index is 12.3. The highest BCUT2D eigenvalue weighted by Crippen LogP contribution is 2.24. The van der Waals surface area contributed by atoms with Crippen LogP contribution in [-0.2, 0) is 0 Å². The molecule has 0 radical (unpaired) electrons. The maximum Gasteiger partial charge on any atom is 0.271 e. The number of aromatic nitrogens is 1. The van der Waals surface area contributed by atoms with E-state index in [0.717, 1.165) is 16.7 Å². The molecule has 0 aliphatic carbocycles. The van der Waals surface area contributed by atoms with Crippen LogP contribution in [0, 0.1) is 19.8 Å². The summed E-state index contributed by atoms with van der Waals surface area (Å²) in [6, 6.07) is 10.2. The molecule has 0 bridgehead atoms. The number of hydrogen-bond donors (Lipinski definition) is 2. The van der Waals surface area contributed by atoms with E-state index in [4.69, 9.17) is 10.2 Å². The summed E-state index contributed by atoms with van der Waals surface area (Å²) in [6.07, 6.45) is 12.0. The summed E-state index contributed by atoms with van der Waals surface area (Å²) in [6.45, 7) is 6.23. The molecule has 33 heavy (non-hydrogen) atoms. The SMILES string of the molecule is C#C.CCCC.Cc1cc2cc(N=C(N)NC(=O)c3ccc(C(=O)N(C)C)nc3)ccc2o1. The molecule has 3 rings (SSSR count). The van der Waals surface area contributed by atoms with Gasteiger partial charge in [-0.15, -0.1) is 12.8 Å².